The van der Waals surface area contributed by atoms with E-state index in [0.29, 0.717) is 11.1 Å². The number of anilines is 3. The molecule has 1 unspecified atom stereocenters. The molecule has 6 aromatic rings. The van der Waals surface area contributed by atoms with Crippen LogP contribution in [-0.4, -0.2) is 46.9 Å². The van der Waals surface area contributed by atoms with Crippen LogP contribution in [0.15, 0.2) is 102 Å². The van der Waals surface area contributed by atoms with E-state index in [0.717, 1.165) is 71.3 Å². The van der Waals surface area contributed by atoms with Crippen LogP contribution in [0.4, 0.5) is 17.1 Å². The topological polar surface area (TPSA) is 62.2 Å². The number of hydrogen-bond acceptors (Lipinski definition) is 4. The van der Waals surface area contributed by atoms with Gasteiger partial charge in [-0.25, -0.2) is 4.85 Å². The Morgan fingerprint density at radius 1 is 0.804 bits per heavy atom. The molecule has 46 heavy (non-hydrogen) atoms. The second-order valence-corrected chi connectivity index (χ2v) is 12.1. The fraction of sp³-hybridized carbons (Fsp3) is 0.150. The summed E-state index contributed by atoms with van der Waals surface area (Å²) in [6, 6.07) is 30.8. The lowest BCUT2D eigenvalue weighted by molar-refractivity contribution is -0.115. The number of Topliss-reactive ketones (excluding diaryl/α,β-unsaturated/α-hetero) is 1. The molecule has 1 aliphatic carbocycles. The summed E-state index contributed by atoms with van der Waals surface area (Å²) in [6.07, 6.45) is 0. The van der Waals surface area contributed by atoms with Crippen LogP contribution < -0.4 is 15.1 Å². The molecular weight excluding hydrogens is 566 g/mol. The number of allylic oxidation sites excluding steroid dienone is 2. The normalized spacial score (nSPS) is 14.3. The fourth-order valence-electron chi connectivity index (χ4n) is 7.18. The van der Waals surface area contributed by atoms with Crippen molar-refractivity contribution in [2.75, 3.05) is 50.4 Å². The molecule has 0 heterocycles. The van der Waals surface area contributed by atoms with Crippen LogP contribution in [0.5, 0.6) is 0 Å². The molecule has 1 N–H and O–H groups in total. The van der Waals surface area contributed by atoms with E-state index in [4.69, 9.17) is 6.57 Å². The standard InChI is InChI=1S/C40H32N5O/c1-42-32-17-15-28(31-21-25-13-9-10-14-26(25)39(35(31)32)45(5)6)37-38(33(22-41)43-2)36(40(37)46)27-16-18-34(44(3)4)30-20-24-12-8-7-11-23(24)19-29(27)30/h7-21,36,42H,1,3-6H3/q-1. The highest BCUT2D eigenvalue weighted by Crippen LogP contribution is 2.53. The van der Waals surface area contributed by atoms with Gasteiger partial charge in [0.1, 0.15) is 0 Å². The third-order valence-electron chi connectivity index (χ3n) is 9.21. The van der Waals surface area contributed by atoms with Crippen molar-refractivity contribution >= 4 is 77.4 Å². The molecule has 224 valence electrons. The van der Waals surface area contributed by atoms with Crippen molar-refractivity contribution in [3.05, 3.63) is 130 Å². The Kier molecular flexibility index (Phi) is 6.85. The van der Waals surface area contributed by atoms with Gasteiger partial charge in [-0.05, 0) is 74.0 Å². The molecule has 7 rings (SSSR count). The molecule has 0 bridgehead atoms. The maximum atomic E-state index is 14.6. The molecular formula is C40H32N5O-. The van der Waals surface area contributed by atoms with Crippen molar-refractivity contribution in [2.24, 2.45) is 0 Å². The molecule has 0 amide bonds. The first kappa shape index (κ1) is 28.9. The maximum Gasteiger partial charge on any atom is 0.210 e. The Morgan fingerprint density at radius 3 is 2.09 bits per heavy atom. The number of ketones is 1. The Labute approximate surface area is 268 Å². The van der Waals surface area contributed by atoms with Crippen molar-refractivity contribution in [1.82, 2.24) is 0 Å². The largest absolute Gasteiger partial charge is 0.775 e. The van der Waals surface area contributed by atoms with Gasteiger partial charge >= 0.3 is 0 Å². The highest BCUT2D eigenvalue weighted by Gasteiger charge is 2.43. The average Bonchev–Trinajstić information content (AvgIpc) is 3.06. The molecule has 6 aromatic carbocycles. The molecule has 0 aliphatic heterocycles. The Hall–Kier alpha value is -5.89. The number of nitrogens with one attached hydrogen (secondary N) is 1. The molecule has 1 atom stereocenters. The monoisotopic (exact) mass is 598 g/mol. The second kappa shape index (κ2) is 10.9. The Bertz CT molecular complexity index is 2400. The highest BCUT2D eigenvalue weighted by molar-refractivity contribution is 6.37. The summed E-state index contributed by atoms with van der Waals surface area (Å²) in [7, 11) is 9.96. The van der Waals surface area contributed by atoms with E-state index in [1.54, 1.807) is 0 Å². The van der Waals surface area contributed by atoms with E-state index in [2.05, 4.69) is 68.3 Å². The van der Waals surface area contributed by atoms with Crippen molar-refractivity contribution in [2.45, 2.75) is 5.92 Å². The zero-order valence-corrected chi connectivity index (χ0v) is 26.4. The van der Waals surface area contributed by atoms with Gasteiger partial charge < -0.3 is 20.5 Å². The summed E-state index contributed by atoms with van der Waals surface area (Å²) >= 11 is 0. The summed E-state index contributed by atoms with van der Waals surface area (Å²) in [5.41, 5.74) is 5.43. The summed E-state index contributed by atoms with van der Waals surface area (Å²) in [5.74, 6) is 1.32. The van der Waals surface area contributed by atoms with Crippen LogP contribution in [0, 0.1) is 6.57 Å². The fourth-order valence-corrected chi connectivity index (χ4v) is 7.18. The predicted molar refractivity (Wildman–Crippen MR) is 194 cm³/mol. The molecule has 0 aromatic heterocycles. The van der Waals surface area contributed by atoms with Gasteiger partial charge in [0, 0.05) is 68.3 Å². The van der Waals surface area contributed by atoms with E-state index in [9.17, 15) is 10.2 Å². The van der Waals surface area contributed by atoms with Gasteiger partial charge in [-0.3, -0.25) is 10.7 Å². The minimum atomic E-state index is -0.730. The van der Waals surface area contributed by atoms with Crippen LogP contribution >= 0.6 is 0 Å². The lowest BCUT2D eigenvalue weighted by atomic mass is 9.67. The van der Waals surface area contributed by atoms with Gasteiger partial charge in [0.05, 0.1) is 18.2 Å². The quantitative estimate of drug-likeness (QED) is 0.118. The zero-order chi connectivity index (χ0) is 32.3. The number of carbonyl (C=O) groups excluding carboxylic acids is 1. The Balaban J connectivity index is 1.56. The molecule has 0 saturated heterocycles. The van der Waals surface area contributed by atoms with E-state index in [-0.39, 0.29) is 11.5 Å². The van der Waals surface area contributed by atoms with E-state index in [1.165, 1.54) is 0 Å². The number of hydrogen-bond donors (Lipinski definition) is 1. The minimum Gasteiger partial charge on any atom is -0.775 e. The lowest BCUT2D eigenvalue weighted by Gasteiger charge is -2.35. The van der Waals surface area contributed by atoms with Gasteiger partial charge in [0.2, 0.25) is 5.70 Å². The van der Waals surface area contributed by atoms with Crippen molar-refractivity contribution in [3.8, 4) is 0 Å². The predicted octanol–water partition coefficient (Wildman–Crippen LogP) is 8.64. The molecule has 0 radical (unpaired) electrons. The van der Waals surface area contributed by atoms with Crippen LogP contribution in [0.25, 0.3) is 58.9 Å². The van der Waals surface area contributed by atoms with Gasteiger partial charge in [-0.15, -0.1) is 0 Å². The molecule has 1 aliphatic rings. The van der Waals surface area contributed by atoms with Crippen LogP contribution in [0.1, 0.15) is 17.0 Å². The van der Waals surface area contributed by atoms with E-state index < -0.39 is 5.92 Å². The number of fused-ring (bicyclic) bond motifs is 4. The average molecular weight is 599 g/mol. The van der Waals surface area contributed by atoms with E-state index >= 15 is 0 Å². The summed E-state index contributed by atoms with van der Waals surface area (Å²) < 4.78 is 0. The first-order valence-corrected chi connectivity index (χ1v) is 15.2. The third-order valence-corrected chi connectivity index (χ3v) is 9.21. The van der Waals surface area contributed by atoms with Crippen molar-refractivity contribution in [3.63, 3.8) is 0 Å². The zero-order valence-electron chi connectivity index (χ0n) is 26.4. The second-order valence-electron chi connectivity index (χ2n) is 12.1. The number of carbonyl (C=O) groups is 1. The smallest absolute Gasteiger partial charge is 0.210 e. The van der Waals surface area contributed by atoms with E-state index in [1.807, 2.05) is 83.8 Å². The van der Waals surface area contributed by atoms with Gasteiger partial charge in [-0.1, -0.05) is 60.7 Å². The SMILES string of the molecule is [C-]#[N+]C(=C=[N-])C1=C(c2ccc(NC)c3c(N(C)C)c4ccccc4cc23)C(=O)C1c1ccc(N(C)C)c2cc3ccccc3cc12. The summed E-state index contributed by atoms with van der Waals surface area (Å²) in [6.45, 7) is 7.98. The number of nitrogens with zero attached hydrogens (tertiary/aromatic N) is 4. The van der Waals surface area contributed by atoms with Gasteiger partial charge in [0.15, 0.2) is 5.78 Å². The van der Waals surface area contributed by atoms with Crippen LogP contribution in [0.3, 0.4) is 0 Å². The third kappa shape index (κ3) is 4.18. The molecule has 6 heteroatoms. The highest BCUT2D eigenvalue weighted by atomic mass is 16.1. The maximum absolute atomic E-state index is 14.6. The molecule has 6 nitrogen and oxygen atoms in total. The number of rotatable bonds is 6. The molecule has 0 fully saturated rings. The van der Waals surface area contributed by atoms with Gasteiger partial charge in [-0.2, -0.15) is 0 Å². The first-order valence-electron chi connectivity index (χ1n) is 15.2. The summed E-state index contributed by atoms with van der Waals surface area (Å²) in [4.78, 5) is 22.4. The Morgan fingerprint density at radius 2 is 1.46 bits per heavy atom. The lowest BCUT2D eigenvalue weighted by Crippen LogP contribution is -2.30. The van der Waals surface area contributed by atoms with Gasteiger partial charge in [0.25, 0.3) is 0 Å². The van der Waals surface area contributed by atoms with Crippen LogP contribution in [-0.2, 0) is 4.79 Å². The number of benzene rings is 6. The molecule has 0 spiro atoms. The molecule has 0 saturated carbocycles. The first-order chi connectivity index (χ1) is 22.3. The van der Waals surface area contributed by atoms with Crippen molar-refractivity contribution in [1.29, 1.82) is 0 Å². The van der Waals surface area contributed by atoms with Crippen molar-refractivity contribution < 1.29 is 4.79 Å². The van der Waals surface area contributed by atoms with Crippen LogP contribution in [0.2, 0.25) is 0 Å². The summed E-state index contributed by atoms with van der Waals surface area (Å²) in [5, 5.41) is 21.8. The minimum absolute atomic E-state index is 0.0512.